The summed E-state index contributed by atoms with van der Waals surface area (Å²) in [7, 11) is 1.70. The zero-order valence-electron chi connectivity index (χ0n) is 12.1. The number of nitrogens with zero attached hydrogens (tertiary/aromatic N) is 1. The Hall–Kier alpha value is -1.10. The van der Waals surface area contributed by atoms with Crippen molar-refractivity contribution in [1.82, 2.24) is 4.90 Å². The van der Waals surface area contributed by atoms with Crippen molar-refractivity contribution >= 4 is 0 Å². The molecule has 1 atom stereocenters. The minimum Gasteiger partial charge on any atom is -0.496 e. The molecule has 1 unspecified atom stereocenters. The first-order valence-electron chi connectivity index (χ1n) is 6.82. The molecular formula is C15H24N2O2. The van der Waals surface area contributed by atoms with Gasteiger partial charge in [-0.2, -0.15) is 0 Å². The van der Waals surface area contributed by atoms with E-state index in [9.17, 15) is 0 Å². The third-order valence-electron chi connectivity index (χ3n) is 3.80. The molecule has 1 aliphatic rings. The van der Waals surface area contributed by atoms with Crippen LogP contribution in [0.3, 0.4) is 0 Å². The molecule has 0 spiro atoms. The van der Waals surface area contributed by atoms with Crippen LogP contribution in [0.5, 0.6) is 5.75 Å². The van der Waals surface area contributed by atoms with Crippen LogP contribution in [0.2, 0.25) is 0 Å². The largest absolute Gasteiger partial charge is 0.496 e. The minimum absolute atomic E-state index is 0.0210. The van der Waals surface area contributed by atoms with Crippen molar-refractivity contribution in [1.29, 1.82) is 0 Å². The van der Waals surface area contributed by atoms with Gasteiger partial charge in [-0.25, -0.2) is 0 Å². The molecule has 1 aromatic carbocycles. The first-order chi connectivity index (χ1) is 9.11. The molecule has 0 bridgehead atoms. The lowest BCUT2D eigenvalue weighted by Crippen LogP contribution is -2.40. The molecule has 1 aromatic rings. The summed E-state index contributed by atoms with van der Waals surface area (Å²) in [5.41, 5.74) is 9.95. The van der Waals surface area contributed by atoms with Gasteiger partial charge in [-0.3, -0.25) is 4.90 Å². The molecule has 2 N–H and O–H groups in total. The van der Waals surface area contributed by atoms with Crippen molar-refractivity contribution in [3.05, 3.63) is 28.8 Å². The minimum atomic E-state index is -0.0210. The number of nitrogens with two attached hydrogens (primary N) is 1. The average Bonchev–Trinajstić information content (AvgIpc) is 2.42. The number of ether oxygens (including phenoxy) is 2. The van der Waals surface area contributed by atoms with Crippen LogP contribution in [0.15, 0.2) is 12.1 Å². The van der Waals surface area contributed by atoms with E-state index in [1.54, 1.807) is 7.11 Å². The Labute approximate surface area is 115 Å². The maximum Gasteiger partial charge on any atom is 0.123 e. The molecule has 106 valence electrons. The quantitative estimate of drug-likeness (QED) is 0.898. The van der Waals surface area contributed by atoms with E-state index in [-0.39, 0.29) is 6.04 Å². The normalized spacial score (nSPS) is 18.3. The fraction of sp³-hybridized carbons (Fsp3) is 0.600. The molecule has 1 fully saturated rings. The van der Waals surface area contributed by atoms with Gasteiger partial charge in [0.05, 0.1) is 20.3 Å². The van der Waals surface area contributed by atoms with Gasteiger partial charge in [-0.05, 0) is 31.0 Å². The summed E-state index contributed by atoms with van der Waals surface area (Å²) in [5.74, 6) is 0.892. The molecule has 0 saturated carbocycles. The summed E-state index contributed by atoms with van der Waals surface area (Å²) >= 11 is 0. The summed E-state index contributed by atoms with van der Waals surface area (Å²) in [6, 6.07) is 4.20. The third-order valence-corrected chi connectivity index (χ3v) is 3.80. The molecule has 1 heterocycles. The van der Waals surface area contributed by atoms with E-state index >= 15 is 0 Å². The van der Waals surface area contributed by atoms with Gasteiger partial charge in [-0.1, -0.05) is 6.07 Å². The molecular weight excluding hydrogens is 240 g/mol. The summed E-state index contributed by atoms with van der Waals surface area (Å²) < 4.78 is 10.8. The summed E-state index contributed by atoms with van der Waals surface area (Å²) in [5, 5.41) is 0. The van der Waals surface area contributed by atoms with E-state index in [2.05, 4.69) is 30.9 Å². The van der Waals surface area contributed by atoms with Crippen molar-refractivity contribution in [2.75, 3.05) is 40.0 Å². The second kappa shape index (κ2) is 6.37. The molecule has 4 nitrogen and oxygen atoms in total. The Kier molecular flexibility index (Phi) is 4.80. The lowest BCUT2D eigenvalue weighted by molar-refractivity contribution is 0.0351. The summed E-state index contributed by atoms with van der Waals surface area (Å²) in [6.07, 6.45) is 0. The lowest BCUT2D eigenvalue weighted by Gasteiger charge is -2.29. The fourth-order valence-corrected chi connectivity index (χ4v) is 2.44. The van der Waals surface area contributed by atoms with Crippen LogP contribution in [0.1, 0.15) is 22.7 Å². The number of hydrogen-bond donors (Lipinski definition) is 1. The van der Waals surface area contributed by atoms with Gasteiger partial charge in [0.2, 0.25) is 0 Å². The number of benzene rings is 1. The summed E-state index contributed by atoms with van der Waals surface area (Å²) in [6.45, 7) is 8.58. The van der Waals surface area contributed by atoms with E-state index < -0.39 is 0 Å². The highest BCUT2D eigenvalue weighted by atomic mass is 16.5. The number of morpholine rings is 1. The van der Waals surface area contributed by atoms with Crippen molar-refractivity contribution in [3.8, 4) is 5.75 Å². The maximum atomic E-state index is 6.36. The van der Waals surface area contributed by atoms with Gasteiger partial charge >= 0.3 is 0 Å². The topological polar surface area (TPSA) is 47.7 Å². The zero-order chi connectivity index (χ0) is 13.8. The van der Waals surface area contributed by atoms with E-state index in [0.29, 0.717) is 0 Å². The van der Waals surface area contributed by atoms with E-state index in [1.165, 1.54) is 11.1 Å². The fourth-order valence-electron chi connectivity index (χ4n) is 2.44. The van der Waals surface area contributed by atoms with Crippen LogP contribution in [0.4, 0.5) is 0 Å². The van der Waals surface area contributed by atoms with Gasteiger partial charge in [0.25, 0.3) is 0 Å². The summed E-state index contributed by atoms with van der Waals surface area (Å²) in [4.78, 5) is 2.35. The Morgan fingerprint density at radius 1 is 1.26 bits per heavy atom. The van der Waals surface area contributed by atoms with Crippen LogP contribution in [-0.4, -0.2) is 44.9 Å². The molecule has 4 heteroatoms. The SMILES string of the molecule is COc1cc(C)c(C)cc1C(N)CN1CCOCC1. The molecule has 0 aromatic heterocycles. The smallest absolute Gasteiger partial charge is 0.123 e. The van der Waals surface area contributed by atoms with E-state index in [1.807, 2.05) is 0 Å². The third kappa shape index (κ3) is 3.47. The molecule has 1 aliphatic heterocycles. The van der Waals surface area contributed by atoms with Crippen LogP contribution >= 0.6 is 0 Å². The number of hydrogen-bond acceptors (Lipinski definition) is 4. The predicted octanol–water partition coefficient (Wildman–Crippen LogP) is 1.64. The standard InChI is InChI=1S/C15H24N2O2/c1-11-8-13(15(18-3)9-12(11)2)14(16)10-17-4-6-19-7-5-17/h8-9,14H,4-7,10,16H2,1-3H3. The van der Waals surface area contributed by atoms with Gasteiger partial charge in [-0.15, -0.1) is 0 Å². The Bertz CT molecular complexity index is 428. The van der Waals surface area contributed by atoms with Gasteiger partial charge in [0, 0.05) is 31.2 Å². The lowest BCUT2D eigenvalue weighted by atomic mass is 9.99. The second-order valence-electron chi connectivity index (χ2n) is 5.20. The first-order valence-corrected chi connectivity index (χ1v) is 6.82. The Balaban J connectivity index is 2.13. The van der Waals surface area contributed by atoms with Crippen LogP contribution in [-0.2, 0) is 4.74 Å². The number of rotatable bonds is 4. The van der Waals surface area contributed by atoms with Gasteiger partial charge in [0.15, 0.2) is 0 Å². The zero-order valence-corrected chi connectivity index (χ0v) is 12.1. The van der Waals surface area contributed by atoms with E-state index in [4.69, 9.17) is 15.2 Å². The highest BCUT2D eigenvalue weighted by Gasteiger charge is 2.18. The average molecular weight is 264 g/mol. The highest BCUT2D eigenvalue weighted by Crippen LogP contribution is 2.28. The maximum absolute atomic E-state index is 6.36. The van der Waals surface area contributed by atoms with Crippen molar-refractivity contribution in [2.45, 2.75) is 19.9 Å². The molecule has 19 heavy (non-hydrogen) atoms. The number of methoxy groups -OCH3 is 1. The highest BCUT2D eigenvalue weighted by molar-refractivity contribution is 5.43. The molecule has 0 radical (unpaired) electrons. The Morgan fingerprint density at radius 3 is 2.53 bits per heavy atom. The monoisotopic (exact) mass is 264 g/mol. The molecule has 0 amide bonds. The van der Waals surface area contributed by atoms with Gasteiger partial charge < -0.3 is 15.2 Å². The van der Waals surface area contributed by atoms with E-state index in [0.717, 1.165) is 44.2 Å². The predicted molar refractivity (Wildman–Crippen MR) is 76.7 cm³/mol. The molecule has 1 saturated heterocycles. The Morgan fingerprint density at radius 2 is 1.89 bits per heavy atom. The van der Waals surface area contributed by atoms with Crippen molar-refractivity contribution in [3.63, 3.8) is 0 Å². The van der Waals surface area contributed by atoms with Crippen molar-refractivity contribution < 1.29 is 9.47 Å². The molecule has 0 aliphatic carbocycles. The van der Waals surface area contributed by atoms with Crippen LogP contribution in [0.25, 0.3) is 0 Å². The molecule has 2 rings (SSSR count). The van der Waals surface area contributed by atoms with Crippen molar-refractivity contribution in [2.24, 2.45) is 5.73 Å². The van der Waals surface area contributed by atoms with Crippen LogP contribution in [0, 0.1) is 13.8 Å². The van der Waals surface area contributed by atoms with Gasteiger partial charge in [0.1, 0.15) is 5.75 Å². The first kappa shape index (κ1) is 14.3. The second-order valence-corrected chi connectivity index (χ2v) is 5.20. The van der Waals surface area contributed by atoms with Crippen LogP contribution < -0.4 is 10.5 Å². The number of aryl methyl sites for hydroxylation is 2.